The summed E-state index contributed by atoms with van der Waals surface area (Å²) >= 11 is 0. The van der Waals surface area contributed by atoms with E-state index in [1.54, 1.807) is 0 Å². The standard InChI is InChI=1S/C13H21NO/c14-13(11-15)10-6-2-5-9-12-7-3-1-4-8-12/h1,3-4,7-8,13,15H,2,5-6,9-11,14H2/t13-/m0/s1. The minimum absolute atomic E-state index is 0.0262. The van der Waals surface area contributed by atoms with Gasteiger partial charge in [0, 0.05) is 6.04 Å². The third kappa shape index (κ3) is 5.55. The molecule has 0 amide bonds. The maximum absolute atomic E-state index is 8.74. The highest BCUT2D eigenvalue weighted by Gasteiger charge is 1.99. The molecular weight excluding hydrogens is 186 g/mol. The van der Waals surface area contributed by atoms with E-state index in [0.717, 1.165) is 19.3 Å². The van der Waals surface area contributed by atoms with Gasteiger partial charge in [-0.05, 0) is 24.8 Å². The van der Waals surface area contributed by atoms with Crippen molar-refractivity contribution in [2.75, 3.05) is 6.61 Å². The Hall–Kier alpha value is -0.860. The van der Waals surface area contributed by atoms with E-state index in [0.29, 0.717) is 0 Å². The number of rotatable bonds is 7. The number of aliphatic hydroxyl groups is 1. The van der Waals surface area contributed by atoms with Crippen LogP contribution in [0.1, 0.15) is 31.2 Å². The minimum atomic E-state index is -0.0262. The van der Waals surface area contributed by atoms with E-state index in [9.17, 15) is 0 Å². The molecule has 0 saturated heterocycles. The molecule has 2 nitrogen and oxygen atoms in total. The van der Waals surface area contributed by atoms with Gasteiger partial charge in [0.2, 0.25) is 0 Å². The third-order valence-electron chi connectivity index (χ3n) is 2.62. The zero-order valence-corrected chi connectivity index (χ0v) is 9.23. The Morgan fingerprint density at radius 2 is 1.80 bits per heavy atom. The van der Waals surface area contributed by atoms with Gasteiger partial charge in [0.1, 0.15) is 0 Å². The second-order valence-electron chi connectivity index (χ2n) is 4.03. The van der Waals surface area contributed by atoms with E-state index in [4.69, 9.17) is 10.8 Å². The predicted octanol–water partition coefficient (Wildman–Crippen LogP) is 2.11. The van der Waals surface area contributed by atoms with E-state index < -0.39 is 0 Å². The average molecular weight is 207 g/mol. The molecule has 0 aliphatic carbocycles. The van der Waals surface area contributed by atoms with Crippen LogP contribution in [0.2, 0.25) is 0 Å². The van der Waals surface area contributed by atoms with Gasteiger partial charge in [0.15, 0.2) is 0 Å². The fourth-order valence-corrected chi connectivity index (χ4v) is 1.65. The Morgan fingerprint density at radius 1 is 1.07 bits per heavy atom. The van der Waals surface area contributed by atoms with Crippen LogP contribution >= 0.6 is 0 Å². The summed E-state index contributed by atoms with van der Waals surface area (Å²) in [7, 11) is 0. The van der Waals surface area contributed by atoms with E-state index in [2.05, 4.69) is 24.3 Å². The molecule has 0 aromatic heterocycles. The van der Waals surface area contributed by atoms with Crippen molar-refractivity contribution in [2.24, 2.45) is 5.73 Å². The number of aryl methyl sites for hydroxylation is 1. The summed E-state index contributed by atoms with van der Waals surface area (Å²) in [6.07, 6.45) is 5.61. The lowest BCUT2D eigenvalue weighted by molar-refractivity contribution is 0.257. The normalized spacial score (nSPS) is 12.7. The lowest BCUT2D eigenvalue weighted by Crippen LogP contribution is -2.23. The van der Waals surface area contributed by atoms with Crippen LogP contribution in [0.3, 0.4) is 0 Å². The lowest BCUT2D eigenvalue weighted by atomic mass is 10.0. The second-order valence-corrected chi connectivity index (χ2v) is 4.03. The zero-order chi connectivity index (χ0) is 10.9. The van der Waals surface area contributed by atoms with Crippen molar-refractivity contribution in [3.63, 3.8) is 0 Å². The van der Waals surface area contributed by atoms with Crippen LogP contribution in [0, 0.1) is 0 Å². The van der Waals surface area contributed by atoms with Crippen LogP contribution in [0.15, 0.2) is 30.3 Å². The lowest BCUT2D eigenvalue weighted by Gasteiger charge is -2.07. The van der Waals surface area contributed by atoms with Gasteiger partial charge < -0.3 is 10.8 Å². The number of unbranched alkanes of at least 4 members (excludes halogenated alkanes) is 2. The highest BCUT2D eigenvalue weighted by atomic mass is 16.3. The van der Waals surface area contributed by atoms with Crippen molar-refractivity contribution in [3.8, 4) is 0 Å². The Balaban J connectivity index is 2.03. The first-order chi connectivity index (χ1) is 7.33. The van der Waals surface area contributed by atoms with Gasteiger partial charge in [-0.3, -0.25) is 0 Å². The molecule has 0 unspecified atom stereocenters. The van der Waals surface area contributed by atoms with Gasteiger partial charge in [0.25, 0.3) is 0 Å². The first-order valence-electron chi connectivity index (χ1n) is 5.73. The Morgan fingerprint density at radius 3 is 2.47 bits per heavy atom. The van der Waals surface area contributed by atoms with Gasteiger partial charge in [-0.1, -0.05) is 43.2 Å². The van der Waals surface area contributed by atoms with Gasteiger partial charge in [0.05, 0.1) is 6.61 Å². The van der Waals surface area contributed by atoms with Crippen molar-refractivity contribution in [1.29, 1.82) is 0 Å². The molecule has 0 heterocycles. The second kappa shape index (κ2) is 7.43. The van der Waals surface area contributed by atoms with Gasteiger partial charge in [-0.2, -0.15) is 0 Å². The van der Waals surface area contributed by atoms with Crippen LogP contribution in [0.4, 0.5) is 0 Å². The van der Waals surface area contributed by atoms with Crippen LogP contribution in [-0.2, 0) is 6.42 Å². The topological polar surface area (TPSA) is 46.2 Å². The fraction of sp³-hybridized carbons (Fsp3) is 0.538. The highest BCUT2D eigenvalue weighted by molar-refractivity contribution is 5.14. The molecule has 0 radical (unpaired) electrons. The first kappa shape index (κ1) is 12.2. The molecule has 15 heavy (non-hydrogen) atoms. The SMILES string of the molecule is N[C@H](CO)CCCCCc1ccccc1. The number of hydrogen-bond donors (Lipinski definition) is 2. The third-order valence-corrected chi connectivity index (χ3v) is 2.62. The van der Waals surface area contributed by atoms with Gasteiger partial charge in [-0.25, -0.2) is 0 Å². The number of benzene rings is 1. The average Bonchev–Trinajstić information content (AvgIpc) is 2.29. The molecule has 0 saturated carbocycles. The van der Waals surface area contributed by atoms with Crippen molar-refractivity contribution < 1.29 is 5.11 Å². The summed E-state index contributed by atoms with van der Waals surface area (Å²) in [5.41, 5.74) is 7.02. The molecule has 1 aromatic carbocycles. The molecule has 0 bridgehead atoms. The van der Waals surface area contributed by atoms with E-state index in [-0.39, 0.29) is 12.6 Å². The molecule has 0 aliphatic heterocycles. The number of nitrogens with two attached hydrogens (primary N) is 1. The molecule has 0 spiro atoms. The minimum Gasteiger partial charge on any atom is -0.395 e. The smallest absolute Gasteiger partial charge is 0.0582 e. The summed E-state index contributed by atoms with van der Waals surface area (Å²) in [5, 5.41) is 8.74. The maximum Gasteiger partial charge on any atom is 0.0582 e. The van der Waals surface area contributed by atoms with Crippen molar-refractivity contribution in [3.05, 3.63) is 35.9 Å². The van der Waals surface area contributed by atoms with E-state index in [1.165, 1.54) is 18.4 Å². The van der Waals surface area contributed by atoms with E-state index in [1.807, 2.05) is 6.07 Å². The summed E-state index contributed by atoms with van der Waals surface area (Å²) < 4.78 is 0. The molecule has 1 aromatic rings. The van der Waals surface area contributed by atoms with Crippen LogP contribution in [-0.4, -0.2) is 17.8 Å². The van der Waals surface area contributed by atoms with Gasteiger partial charge in [-0.15, -0.1) is 0 Å². The quantitative estimate of drug-likeness (QED) is 0.673. The molecule has 0 fully saturated rings. The molecule has 1 rings (SSSR count). The molecule has 84 valence electrons. The monoisotopic (exact) mass is 207 g/mol. The zero-order valence-electron chi connectivity index (χ0n) is 9.23. The Labute approximate surface area is 92.1 Å². The molecular formula is C13H21NO. The molecule has 1 atom stereocenters. The maximum atomic E-state index is 8.74. The first-order valence-corrected chi connectivity index (χ1v) is 5.73. The Bertz CT molecular complexity index is 248. The van der Waals surface area contributed by atoms with E-state index >= 15 is 0 Å². The molecule has 3 N–H and O–H groups in total. The summed E-state index contributed by atoms with van der Waals surface area (Å²) in [4.78, 5) is 0. The van der Waals surface area contributed by atoms with Crippen molar-refractivity contribution in [2.45, 2.75) is 38.1 Å². The summed E-state index contributed by atoms with van der Waals surface area (Å²) in [5.74, 6) is 0. The molecule has 0 aliphatic rings. The van der Waals surface area contributed by atoms with Crippen LogP contribution in [0.25, 0.3) is 0 Å². The van der Waals surface area contributed by atoms with Crippen molar-refractivity contribution in [1.82, 2.24) is 0 Å². The highest BCUT2D eigenvalue weighted by Crippen LogP contribution is 2.08. The molecule has 2 heteroatoms. The fourth-order valence-electron chi connectivity index (χ4n) is 1.65. The number of aliphatic hydroxyl groups excluding tert-OH is 1. The van der Waals surface area contributed by atoms with Crippen LogP contribution in [0.5, 0.6) is 0 Å². The summed E-state index contributed by atoms with van der Waals surface area (Å²) in [6, 6.07) is 10.5. The Kier molecular flexibility index (Phi) is 6.05. The largest absolute Gasteiger partial charge is 0.395 e. The van der Waals surface area contributed by atoms with Crippen LogP contribution < -0.4 is 5.73 Å². The van der Waals surface area contributed by atoms with Gasteiger partial charge >= 0.3 is 0 Å². The van der Waals surface area contributed by atoms with Crippen molar-refractivity contribution >= 4 is 0 Å². The summed E-state index contributed by atoms with van der Waals surface area (Å²) in [6.45, 7) is 0.110. The predicted molar refractivity (Wildman–Crippen MR) is 63.7 cm³/mol. The number of hydrogen-bond acceptors (Lipinski definition) is 2.